The lowest BCUT2D eigenvalue weighted by molar-refractivity contribution is -0.144. The van der Waals surface area contributed by atoms with Gasteiger partial charge < -0.3 is 5.11 Å². The third-order valence-electron chi connectivity index (χ3n) is 5.26. The maximum absolute atomic E-state index is 13.6. The van der Waals surface area contributed by atoms with E-state index in [1.54, 1.807) is 24.4 Å². The largest absolute Gasteiger partial charge is 0.481 e. The summed E-state index contributed by atoms with van der Waals surface area (Å²) in [7, 11) is 0. The predicted molar refractivity (Wildman–Crippen MR) is 92.3 cm³/mol. The molecule has 1 aliphatic carbocycles. The van der Waals surface area contributed by atoms with Gasteiger partial charge in [-0.2, -0.15) is 0 Å². The molecule has 1 fully saturated rings. The van der Waals surface area contributed by atoms with Crippen molar-refractivity contribution in [3.8, 4) is 0 Å². The predicted octanol–water partition coefficient (Wildman–Crippen LogP) is 4.92. The van der Waals surface area contributed by atoms with Crippen LogP contribution in [0.4, 0.5) is 4.39 Å². The highest BCUT2D eigenvalue weighted by atomic mass is 19.1. The lowest BCUT2D eigenvalue weighted by atomic mass is 9.72. The van der Waals surface area contributed by atoms with E-state index in [9.17, 15) is 14.3 Å². The molecule has 2 aromatic rings. The van der Waals surface area contributed by atoms with Crippen LogP contribution in [0, 0.1) is 17.7 Å². The zero-order valence-electron chi connectivity index (χ0n) is 13.6. The van der Waals surface area contributed by atoms with Gasteiger partial charge in [-0.1, -0.05) is 6.08 Å². The molecule has 1 aromatic heterocycles. The number of fused-ring (bicyclic) bond motifs is 1. The first kappa shape index (κ1) is 16.6. The van der Waals surface area contributed by atoms with E-state index >= 15 is 0 Å². The van der Waals surface area contributed by atoms with Crippen LogP contribution in [0.1, 0.15) is 43.6 Å². The van der Waals surface area contributed by atoms with Gasteiger partial charge in [-0.05, 0) is 73.8 Å². The van der Waals surface area contributed by atoms with Gasteiger partial charge in [0.05, 0.1) is 11.4 Å². The van der Waals surface area contributed by atoms with E-state index < -0.39 is 5.97 Å². The first-order valence-electron chi connectivity index (χ1n) is 8.48. The fourth-order valence-electron chi connectivity index (χ4n) is 4.00. The Morgan fingerprint density at radius 3 is 2.75 bits per heavy atom. The van der Waals surface area contributed by atoms with Crippen LogP contribution in [0.15, 0.2) is 43.1 Å². The van der Waals surface area contributed by atoms with Crippen molar-refractivity contribution in [1.29, 1.82) is 0 Å². The van der Waals surface area contributed by atoms with E-state index in [1.807, 2.05) is 6.07 Å². The fraction of sp³-hybridized carbons (Fsp3) is 0.400. The summed E-state index contributed by atoms with van der Waals surface area (Å²) in [6.07, 6.45) is 7.63. The first-order valence-corrected chi connectivity index (χ1v) is 8.48. The monoisotopic (exact) mass is 327 g/mol. The number of carboxylic acids is 1. The number of nitrogens with zero attached hydrogens (tertiary/aromatic N) is 1. The van der Waals surface area contributed by atoms with Crippen LogP contribution in [0.2, 0.25) is 0 Å². The fourth-order valence-corrected chi connectivity index (χ4v) is 4.00. The number of rotatable bonds is 5. The molecule has 0 saturated heterocycles. The molecule has 1 aromatic carbocycles. The Balaban J connectivity index is 1.79. The van der Waals surface area contributed by atoms with E-state index in [4.69, 9.17) is 0 Å². The number of benzene rings is 1. The van der Waals surface area contributed by atoms with Crippen LogP contribution >= 0.6 is 0 Å². The number of carbonyl (C=O) groups is 1. The summed E-state index contributed by atoms with van der Waals surface area (Å²) in [6.45, 7) is 3.68. The number of aliphatic carboxylic acids is 1. The average Bonchev–Trinajstić information content (AvgIpc) is 2.59. The van der Waals surface area contributed by atoms with E-state index in [2.05, 4.69) is 11.6 Å². The SMILES string of the molecule is C=CC[C@@H](C(=O)O)[C@H]1CC[C@H](c2ccnc3ccc(F)cc32)CC1. The molecule has 3 rings (SSSR count). The Bertz CT molecular complexity index is 750. The highest BCUT2D eigenvalue weighted by molar-refractivity contribution is 5.82. The molecule has 3 nitrogen and oxygen atoms in total. The van der Waals surface area contributed by atoms with Crippen LogP contribution in [-0.4, -0.2) is 16.1 Å². The van der Waals surface area contributed by atoms with Crippen molar-refractivity contribution < 1.29 is 14.3 Å². The Labute approximate surface area is 141 Å². The minimum atomic E-state index is -0.727. The van der Waals surface area contributed by atoms with Crippen LogP contribution in [0.3, 0.4) is 0 Å². The highest BCUT2D eigenvalue weighted by Crippen LogP contribution is 2.41. The second kappa shape index (κ2) is 7.12. The standard InChI is InChI=1S/C20H22FNO2/c1-2-3-17(20(23)24)14-6-4-13(5-7-14)16-10-11-22-19-9-8-15(21)12-18(16)19/h2,8-14,17H,1,3-7H2,(H,23,24)/t13-,14-,17-/m1/s1. The molecule has 1 heterocycles. The maximum Gasteiger partial charge on any atom is 0.307 e. The molecule has 1 N–H and O–H groups in total. The van der Waals surface area contributed by atoms with Crippen molar-refractivity contribution in [3.05, 3.63) is 54.5 Å². The van der Waals surface area contributed by atoms with Crippen molar-refractivity contribution in [2.45, 2.75) is 38.0 Å². The molecule has 24 heavy (non-hydrogen) atoms. The second-order valence-electron chi connectivity index (χ2n) is 6.64. The topological polar surface area (TPSA) is 50.2 Å². The molecular weight excluding hydrogens is 305 g/mol. The van der Waals surface area contributed by atoms with Gasteiger partial charge in [0.2, 0.25) is 0 Å². The zero-order valence-corrected chi connectivity index (χ0v) is 13.6. The first-order chi connectivity index (χ1) is 11.6. The third-order valence-corrected chi connectivity index (χ3v) is 5.26. The Morgan fingerprint density at radius 1 is 1.33 bits per heavy atom. The molecule has 4 heteroatoms. The maximum atomic E-state index is 13.6. The lowest BCUT2D eigenvalue weighted by Crippen LogP contribution is -2.27. The number of carboxylic acid groups (broad SMARTS) is 1. The molecule has 1 atom stereocenters. The number of halogens is 1. The molecule has 0 amide bonds. The van der Waals surface area contributed by atoms with Crippen molar-refractivity contribution in [2.75, 3.05) is 0 Å². The van der Waals surface area contributed by atoms with E-state index in [0.717, 1.165) is 42.1 Å². The third kappa shape index (κ3) is 3.32. The average molecular weight is 327 g/mol. The number of pyridine rings is 1. The number of hydrogen-bond acceptors (Lipinski definition) is 2. The van der Waals surface area contributed by atoms with Gasteiger partial charge in [0.25, 0.3) is 0 Å². The van der Waals surface area contributed by atoms with E-state index in [0.29, 0.717) is 12.3 Å². The van der Waals surface area contributed by atoms with Crippen LogP contribution in [0.5, 0.6) is 0 Å². The Kier molecular flexibility index (Phi) is 4.93. The summed E-state index contributed by atoms with van der Waals surface area (Å²) >= 11 is 0. The summed E-state index contributed by atoms with van der Waals surface area (Å²) in [4.78, 5) is 15.8. The minimum absolute atomic E-state index is 0.196. The van der Waals surface area contributed by atoms with Gasteiger partial charge in [0.1, 0.15) is 5.82 Å². The van der Waals surface area contributed by atoms with Crippen molar-refractivity contribution in [1.82, 2.24) is 4.98 Å². The van der Waals surface area contributed by atoms with Crippen LogP contribution < -0.4 is 0 Å². The van der Waals surface area contributed by atoms with Crippen molar-refractivity contribution >= 4 is 16.9 Å². The Morgan fingerprint density at radius 2 is 2.08 bits per heavy atom. The second-order valence-corrected chi connectivity index (χ2v) is 6.64. The molecule has 126 valence electrons. The Hall–Kier alpha value is -2.23. The smallest absolute Gasteiger partial charge is 0.307 e. The number of allylic oxidation sites excluding steroid dienone is 1. The molecule has 0 bridgehead atoms. The normalized spacial score (nSPS) is 22.2. The summed E-state index contributed by atoms with van der Waals surface area (Å²) in [5.41, 5.74) is 1.94. The molecule has 1 saturated carbocycles. The minimum Gasteiger partial charge on any atom is -0.481 e. The number of aromatic nitrogens is 1. The molecular formula is C20H22FNO2. The summed E-state index contributed by atoms with van der Waals surface area (Å²) < 4.78 is 13.6. The summed E-state index contributed by atoms with van der Waals surface area (Å²) in [5.74, 6) is -0.777. The molecule has 0 aliphatic heterocycles. The van der Waals surface area contributed by atoms with Crippen LogP contribution in [-0.2, 0) is 4.79 Å². The number of hydrogen-bond donors (Lipinski definition) is 1. The lowest BCUT2D eigenvalue weighted by Gasteiger charge is -2.32. The molecule has 0 radical (unpaired) electrons. The van der Waals surface area contributed by atoms with Gasteiger partial charge in [0.15, 0.2) is 0 Å². The molecule has 0 unspecified atom stereocenters. The van der Waals surface area contributed by atoms with Crippen LogP contribution in [0.25, 0.3) is 10.9 Å². The highest BCUT2D eigenvalue weighted by Gasteiger charge is 2.32. The van der Waals surface area contributed by atoms with Gasteiger partial charge in [-0.15, -0.1) is 6.58 Å². The van der Waals surface area contributed by atoms with Gasteiger partial charge in [0, 0.05) is 11.6 Å². The van der Waals surface area contributed by atoms with Crippen molar-refractivity contribution in [3.63, 3.8) is 0 Å². The van der Waals surface area contributed by atoms with Gasteiger partial charge in [-0.3, -0.25) is 9.78 Å². The van der Waals surface area contributed by atoms with Gasteiger partial charge in [-0.25, -0.2) is 4.39 Å². The molecule has 0 spiro atoms. The summed E-state index contributed by atoms with van der Waals surface area (Å²) in [5, 5.41) is 10.3. The van der Waals surface area contributed by atoms with E-state index in [-0.39, 0.29) is 17.7 Å². The zero-order chi connectivity index (χ0) is 17.1. The quantitative estimate of drug-likeness (QED) is 0.793. The summed E-state index contributed by atoms with van der Waals surface area (Å²) in [6, 6.07) is 6.68. The van der Waals surface area contributed by atoms with Gasteiger partial charge >= 0.3 is 5.97 Å². The van der Waals surface area contributed by atoms with Crippen molar-refractivity contribution in [2.24, 2.45) is 11.8 Å². The molecule has 1 aliphatic rings. The van der Waals surface area contributed by atoms with E-state index in [1.165, 1.54) is 6.07 Å².